The van der Waals surface area contributed by atoms with E-state index in [0.29, 0.717) is 4.75 Å². The molecule has 0 saturated heterocycles. The number of thiophene rings is 1. The maximum Gasteiger partial charge on any atom is 0.0991 e. The largest absolute Gasteiger partial charge is 0.309 e. The van der Waals surface area contributed by atoms with Gasteiger partial charge in [-0.2, -0.15) is 11.8 Å². The van der Waals surface area contributed by atoms with E-state index in [4.69, 9.17) is 23.2 Å². The molecule has 1 atom stereocenters. The number of hydrogen-bond donors (Lipinski definition) is 1. The molecule has 96 valence electrons. The van der Waals surface area contributed by atoms with Crippen LogP contribution >= 0.6 is 46.3 Å². The van der Waals surface area contributed by atoms with Crippen LogP contribution in [0.15, 0.2) is 6.07 Å². The Morgan fingerprint density at radius 3 is 2.65 bits per heavy atom. The van der Waals surface area contributed by atoms with E-state index in [0.717, 1.165) is 20.8 Å². The SMILES string of the molecule is CSC1(CNC(C)c2cc(Cl)sc2Cl)CCC1. The van der Waals surface area contributed by atoms with Crippen LogP contribution in [0.2, 0.25) is 8.67 Å². The van der Waals surface area contributed by atoms with Crippen molar-refractivity contribution in [2.75, 3.05) is 12.8 Å². The molecule has 17 heavy (non-hydrogen) atoms. The predicted octanol–water partition coefficient (Wildman–Crippen LogP) is 4.99. The van der Waals surface area contributed by atoms with Crippen LogP contribution in [0.1, 0.15) is 37.8 Å². The van der Waals surface area contributed by atoms with E-state index in [1.807, 2.05) is 17.8 Å². The second-order valence-corrected chi connectivity index (χ2v) is 8.18. The van der Waals surface area contributed by atoms with Gasteiger partial charge in [0.1, 0.15) is 0 Å². The standard InChI is InChI=1S/C12H17Cl2NS2/c1-8(9-6-10(13)17-11(9)14)15-7-12(16-2)4-3-5-12/h6,8,15H,3-5,7H2,1-2H3. The molecule has 1 unspecified atom stereocenters. The Balaban J connectivity index is 1.93. The minimum atomic E-state index is 0.274. The van der Waals surface area contributed by atoms with Gasteiger partial charge < -0.3 is 5.32 Å². The summed E-state index contributed by atoms with van der Waals surface area (Å²) in [5, 5.41) is 3.59. The molecule has 0 radical (unpaired) electrons. The molecule has 0 aromatic carbocycles. The lowest BCUT2D eigenvalue weighted by molar-refractivity contribution is 0.334. The van der Waals surface area contributed by atoms with E-state index in [1.54, 1.807) is 0 Å². The van der Waals surface area contributed by atoms with E-state index in [2.05, 4.69) is 18.5 Å². The van der Waals surface area contributed by atoms with Gasteiger partial charge in [0.15, 0.2) is 0 Å². The van der Waals surface area contributed by atoms with Crippen molar-refractivity contribution in [2.45, 2.75) is 37.0 Å². The second kappa shape index (κ2) is 5.70. The Morgan fingerprint density at radius 2 is 2.24 bits per heavy atom. The Labute approximate surface area is 121 Å². The van der Waals surface area contributed by atoms with Gasteiger partial charge in [-0.15, -0.1) is 11.3 Å². The first-order chi connectivity index (χ1) is 8.06. The lowest BCUT2D eigenvalue weighted by atomic mass is 9.84. The summed E-state index contributed by atoms with van der Waals surface area (Å²) in [4.78, 5) is 0. The lowest BCUT2D eigenvalue weighted by Gasteiger charge is -2.41. The van der Waals surface area contributed by atoms with E-state index >= 15 is 0 Å². The summed E-state index contributed by atoms with van der Waals surface area (Å²) in [7, 11) is 0. The molecule has 1 nitrogen and oxygen atoms in total. The lowest BCUT2D eigenvalue weighted by Crippen LogP contribution is -2.43. The van der Waals surface area contributed by atoms with Gasteiger partial charge in [-0.25, -0.2) is 0 Å². The van der Waals surface area contributed by atoms with Crippen LogP contribution in [0, 0.1) is 0 Å². The van der Waals surface area contributed by atoms with Crippen LogP contribution in [0.5, 0.6) is 0 Å². The summed E-state index contributed by atoms with van der Waals surface area (Å²) in [5.41, 5.74) is 1.12. The van der Waals surface area contributed by atoms with Gasteiger partial charge in [-0.1, -0.05) is 29.6 Å². The van der Waals surface area contributed by atoms with Gasteiger partial charge in [-0.05, 0) is 37.7 Å². The molecule has 0 spiro atoms. The van der Waals surface area contributed by atoms with Crippen LogP contribution in [0.25, 0.3) is 0 Å². The first-order valence-corrected chi connectivity index (χ1v) is 8.59. The summed E-state index contributed by atoms with van der Waals surface area (Å²) >= 11 is 15.6. The van der Waals surface area contributed by atoms with Crippen molar-refractivity contribution in [1.29, 1.82) is 0 Å². The summed E-state index contributed by atoms with van der Waals surface area (Å²) in [5.74, 6) is 0. The molecule has 5 heteroatoms. The fourth-order valence-corrected chi connectivity index (χ4v) is 4.69. The molecule has 1 aliphatic rings. The van der Waals surface area contributed by atoms with Crippen molar-refractivity contribution in [2.24, 2.45) is 0 Å². The highest BCUT2D eigenvalue weighted by atomic mass is 35.5. The molecule has 1 aromatic heterocycles. The smallest absolute Gasteiger partial charge is 0.0991 e. The third kappa shape index (κ3) is 3.13. The van der Waals surface area contributed by atoms with Crippen molar-refractivity contribution >= 4 is 46.3 Å². The zero-order chi connectivity index (χ0) is 12.5. The van der Waals surface area contributed by atoms with Crippen molar-refractivity contribution in [3.8, 4) is 0 Å². The second-order valence-electron chi connectivity index (χ2n) is 4.62. The molecule has 1 aliphatic carbocycles. The molecule has 1 saturated carbocycles. The van der Waals surface area contributed by atoms with Crippen LogP contribution in [0.4, 0.5) is 0 Å². The number of thioether (sulfide) groups is 1. The monoisotopic (exact) mass is 309 g/mol. The summed E-state index contributed by atoms with van der Waals surface area (Å²) in [6.07, 6.45) is 6.22. The zero-order valence-corrected chi connectivity index (χ0v) is 13.2. The van der Waals surface area contributed by atoms with Crippen molar-refractivity contribution in [1.82, 2.24) is 5.32 Å². The minimum absolute atomic E-state index is 0.274. The van der Waals surface area contributed by atoms with Crippen molar-refractivity contribution in [3.05, 3.63) is 20.3 Å². The van der Waals surface area contributed by atoms with Gasteiger partial charge in [-0.3, -0.25) is 0 Å². The molecular formula is C12H17Cl2NS2. The van der Waals surface area contributed by atoms with Gasteiger partial charge in [0.2, 0.25) is 0 Å². The highest BCUT2D eigenvalue weighted by molar-refractivity contribution is 8.00. The molecule has 2 rings (SSSR count). The first kappa shape index (κ1) is 14.0. The highest BCUT2D eigenvalue weighted by Crippen LogP contribution is 2.43. The first-order valence-electron chi connectivity index (χ1n) is 5.79. The Kier molecular flexibility index (Phi) is 4.70. The van der Waals surface area contributed by atoms with Gasteiger partial charge in [0, 0.05) is 17.3 Å². The van der Waals surface area contributed by atoms with Gasteiger partial charge in [0.25, 0.3) is 0 Å². The molecule has 1 fully saturated rings. The van der Waals surface area contributed by atoms with Gasteiger partial charge >= 0.3 is 0 Å². The fraction of sp³-hybridized carbons (Fsp3) is 0.667. The average molecular weight is 310 g/mol. The fourth-order valence-electron chi connectivity index (χ4n) is 2.12. The Bertz CT molecular complexity index is 382. The van der Waals surface area contributed by atoms with E-state index in [-0.39, 0.29) is 6.04 Å². The van der Waals surface area contributed by atoms with Crippen LogP contribution in [-0.2, 0) is 0 Å². The molecule has 1 N–H and O–H groups in total. The number of nitrogens with one attached hydrogen (secondary N) is 1. The topological polar surface area (TPSA) is 12.0 Å². The Hall–Kier alpha value is 0.590. The summed E-state index contributed by atoms with van der Waals surface area (Å²) < 4.78 is 2.03. The molecule has 0 aliphatic heterocycles. The summed E-state index contributed by atoms with van der Waals surface area (Å²) in [6.45, 7) is 3.20. The highest BCUT2D eigenvalue weighted by Gasteiger charge is 2.36. The molecular weight excluding hydrogens is 293 g/mol. The van der Waals surface area contributed by atoms with Crippen molar-refractivity contribution < 1.29 is 0 Å². The number of halogens is 2. The van der Waals surface area contributed by atoms with E-state index in [1.165, 1.54) is 30.6 Å². The molecule has 0 bridgehead atoms. The summed E-state index contributed by atoms with van der Waals surface area (Å²) in [6, 6.07) is 2.24. The third-order valence-corrected chi connectivity index (χ3v) is 6.51. The van der Waals surface area contributed by atoms with E-state index < -0.39 is 0 Å². The van der Waals surface area contributed by atoms with Crippen LogP contribution < -0.4 is 5.32 Å². The molecule has 1 aromatic rings. The maximum atomic E-state index is 6.16. The normalized spacial score (nSPS) is 20.0. The van der Waals surface area contributed by atoms with Crippen molar-refractivity contribution in [3.63, 3.8) is 0 Å². The number of hydrogen-bond acceptors (Lipinski definition) is 3. The van der Waals surface area contributed by atoms with Crippen LogP contribution in [0.3, 0.4) is 0 Å². The minimum Gasteiger partial charge on any atom is -0.309 e. The van der Waals surface area contributed by atoms with Gasteiger partial charge in [0.05, 0.1) is 8.67 Å². The Morgan fingerprint density at radius 1 is 1.53 bits per heavy atom. The van der Waals surface area contributed by atoms with Crippen LogP contribution in [-0.4, -0.2) is 17.5 Å². The predicted molar refractivity (Wildman–Crippen MR) is 80.9 cm³/mol. The van der Waals surface area contributed by atoms with E-state index in [9.17, 15) is 0 Å². The molecule has 0 amide bonds. The zero-order valence-electron chi connectivity index (χ0n) is 10.1. The number of rotatable bonds is 5. The average Bonchev–Trinajstić information content (AvgIpc) is 2.57. The maximum absolute atomic E-state index is 6.16. The third-order valence-electron chi connectivity index (χ3n) is 3.58. The quantitative estimate of drug-likeness (QED) is 0.822. The molecule has 1 heterocycles.